The summed E-state index contributed by atoms with van der Waals surface area (Å²) in [5, 5.41) is 0. The van der Waals surface area contributed by atoms with Crippen molar-refractivity contribution in [3.63, 3.8) is 0 Å². The number of rotatable bonds is 0. The fraction of sp³-hybridized carbons (Fsp3) is 0.750. The van der Waals surface area contributed by atoms with Crippen LogP contribution in [0.25, 0.3) is 0 Å². The van der Waals surface area contributed by atoms with Crippen molar-refractivity contribution in [3.05, 3.63) is 17.7 Å². The van der Waals surface area contributed by atoms with Gasteiger partial charge >= 0.3 is 0 Å². The third kappa shape index (κ3) is 7.84. The predicted molar refractivity (Wildman–Crippen MR) is 66.7 cm³/mol. The van der Waals surface area contributed by atoms with Crippen molar-refractivity contribution in [1.82, 2.24) is 9.55 Å². The molecule has 0 saturated heterocycles. The highest BCUT2D eigenvalue weighted by molar-refractivity contribution is 5.07. The van der Waals surface area contributed by atoms with Crippen LogP contribution < -0.4 is 0 Å². The standard InChI is InChI=1S/C6H10N2.3C2H6/c1-5-6(2)8(3)4-7-5;3*1-2/h4H,1-3H3;3*1-2H3. The van der Waals surface area contributed by atoms with Crippen LogP contribution in [0.2, 0.25) is 0 Å². The fourth-order valence-corrected chi connectivity index (χ4v) is 0.608. The number of aromatic nitrogens is 2. The van der Waals surface area contributed by atoms with Crippen LogP contribution in [-0.2, 0) is 7.05 Å². The molecule has 0 bridgehead atoms. The minimum absolute atomic E-state index is 1.12. The molecular formula is C12H28N2. The van der Waals surface area contributed by atoms with Crippen LogP contribution in [0.4, 0.5) is 0 Å². The van der Waals surface area contributed by atoms with Crippen LogP contribution >= 0.6 is 0 Å². The van der Waals surface area contributed by atoms with Crippen molar-refractivity contribution in [2.75, 3.05) is 0 Å². The Balaban J connectivity index is -0.000000174. The van der Waals surface area contributed by atoms with Gasteiger partial charge in [-0.05, 0) is 13.8 Å². The third-order valence-corrected chi connectivity index (χ3v) is 1.48. The summed E-state index contributed by atoms with van der Waals surface area (Å²) in [7, 11) is 2.00. The SMILES string of the molecule is CC.CC.CC.Cc1ncn(C)c1C. The highest BCUT2D eigenvalue weighted by atomic mass is 15.0. The Labute approximate surface area is 90.4 Å². The molecule has 2 heteroatoms. The van der Waals surface area contributed by atoms with Gasteiger partial charge in [-0.2, -0.15) is 0 Å². The van der Waals surface area contributed by atoms with E-state index in [0.717, 1.165) is 5.69 Å². The summed E-state index contributed by atoms with van der Waals surface area (Å²) in [6, 6.07) is 0. The summed E-state index contributed by atoms with van der Waals surface area (Å²) in [5.41, 5.74) is 2.36. The molecule has 0 aliphatic heterocycles. The zero-order chi connectivity index (χ0) is 12.1. The van der Waals surface area contributed by atoms with E-state index in [4.69, 9.17) is 0 Å². The fourth-order valence-electron chi connectivity index (χ4n) is 0.608. The normalized spacial score (nSPS) is 6.93. The lowest BCUT2D eigenvalue weighted by Crippen LogP contribution is -1.87. The second-order valence-corrected chi connectivity index (χ2v) is 2.03. The zero-order valence-electron chi connectivity index (χ0n) is 11.5. The van der Waals surface area contributed by atoms with Gasteiger partial charge in [-0.15, -0.1) is 0 Å². The molecule has 1 rings (SSSR count). The van der Waals surface area contributed by atoms with Gasteiger partial charge < -0.3 is 4.57 Å². The summed E-state index contributed by atoms with van der Waals surface area (Å²) >= 11 is 0. The van der Waals surface area contributed by atoms with Crippen LogP contribution in [0.3, 0.4) is 0 Å². The van der Waals surface area contributed by atoms with Crippen LogP contribution in [0.15, 0.2) is 6.33 Å². The molecule has 0 fully saturated rings. The second kappa shape index (κ2) is 14.7. The van der Waals surface area contributed by atoms with Gasteiger partial charge in [0.1, 0.15) is 0 Å². The van der Waals surface area contributed by atoms with E-state index in [1.54, 1.807) is 0 Å². The highest BCUT2D eigenvalue weighted by Crippen LogP contribution is 1.99. The Morgan fingerprint density at radius 3 is 1.36 bits per heavy atom. The van der Waals surface area contributed by atoms with Crippen molar-refractivity contribution in [1.29, 1.82) is 0 Å². The lowest BCUT2D eigenvalue weighted by molar-refractivity contribution is 0.871. The third-order valence-electron chi connectivity index (χ3n) is 1.48. The average molecular weight is 200 g/mol. The number of aryl methyl sites for hydroxylation is 2. The van der Waals surface area contributed by atoms with Crippen LogP contribution in [-0.4, -0.2) is 9.55 Å². The van der Waals surface area contributed by atoms with Crippen molar-refractivity contribution in [2.45, 2.75) is 55.4 Å². The molecule has 0 unspecified atom stereocenters. The monoisotopic (exact) mass is 200 g/mol. The van der Waals surface area contributed by atoms with Gasteiger partial charge in [-0.25, -0.2) is 4.98 Å². The number of imidazole rings is 1. The molecule has 0 N–H and O–H groups in total. The molecule has 1 aromatic heterocycles. The molecule has 0 spiro atoms. The van der Waals surface area contributed by atoms with Crippen molar-refractivity contribution < 1.29 is 0 Å². The van der Waals surface area contributed by atoms with E-state index in [9.17, 15) is 0 Å². The van der Waals surface area contributed by atoms with Crippen LogP contribution in [0, 0.1) is 13.8 Å². The number of nitrogens with zero attached hydrogens (tertiary/aromatic N) is 2. The molecule has 86 valence electrons. The largest absolute Gasteiger partial charge is 0.338 e. The molecule has 0 aromatic carbocycles. The summed E-state index contributed by atoms with van der Waals surface area (Å²) in [4.78, 5) is 4.08. The molecular weight excluding hydrogens is 172 g/mol. The first-order valence-electron chi connectivity index (χ1n) is 5.66. The Hall–Kier alpha value is -0.790. The van der Waals surface area contributed by atoms with Gasteiger partial charge in [-0.1, -0.05) is 41.5 Å². The van der Waals surface area contributed by atoms with Gasteiger partial charge in [0.15, 0.2) is 0 Å². The quantitative estimate of drug-likeness (QED) is 0.616. The first-order chi connectivity index (χ1) is 6.72. The lowest BCUT2D eigenvalue weighted by Gasteiger charge is -1.90. The lowest BCUT2D eigenvalue weighted by atomic mass is 10.4. The van der Waals surface area contributed by atoms with E-state index >= 15 is 0 Å². The first-order valence-corrected chi connectivity index (χ1v) is 5.66. The molecule has 0 atom stereocenters. The van der Waals surface area contributed by atoms with Crippen molar-refractivity contribution >= 4 is 0 Å². The minimum atomic E-state index is 1.12. The molecule has 14 heavy (non-hydrogen) atoms. The first kappa shape index (κ1) is 18.9. The van der Waals surface area contributed by atoms with E-state index in [2.05, 4.69) is 11.9 Å². The Kier molecular flexibility index (Phi) is 19.9. The molecule has 0 amide bonds. The van der Waals surface area contributed by atoms with Crippen molar-refractivity contribution in [2.24, 2.45) is 7.05 Å². The minimum Gasteiger partial charge on any atom is -0.338 e. The summed E-state index contributed by atoms with van der Waals surface area (Å²) in [5.74, 6) is 0. The summed E-state index contributed by atoms with van der Waals surface area (Å²) in [6.07, 6.45) is 1.82. The molecule has 2 nitrogen and oxygen atoms in total. The maximum Gasteiger partial charge on any atom is 0.0948 e. The van der Waals surface area contributed by atoms with Crippen LogP contribution in [0.1, 0.15) is 52.9 Å². The molecule has 1 heterocycles. The Morgan fingerprint density at radius 2 is 1.29 bits per heavy atom. The average Bonchev–Trinajstić information content (AvgIpc) is 2.58. The van der Waals surface area contributed by atoms with Gasteiger partial charge in [0.2, 0.25) is 0 Å². The topological polar surface area (TPSA) is 17.8 Å². The molecule has 0 aliphatic rings. The summed E-state index contributed by atoms with van der Waals surface area (Å²) in [6.45, 7) is 16.1. The van der Waals surface area contributed by atoms with Crippen LogP contribution in [0.5, 0.6) is 0 Å². The Morgan fingerprint density at radius 1 is 0.929 bits per heavy atom. The highest BCUT2D eigenvalue weighted by Gasteiger charge is 1.93. The predicted octanol–water partition coefficient (Wildman–Crippen LogP) is 4.12. The van der Waals surface area contributed by atoms with Gasteiger partial charge in [0.05, 0.1) is 12.0 Å². The van der Waals surface area contributed by atoms with Gasteiger partial charge in [0, 0.05) is 12.7 Å². The molecule has 1 aromatic rings. The van der Waals surface area contributed by atoms with E-state index < -0.39 is 0 Å². The van der Waals surface area contributed by atoms with Gasteiger partial charge in [-0.3, -0.25) is 0 Å². The maximum atomic E-state index is 4.08. The van der Waals surface area contributed by atoms with Gasteiger partial charge in [0.25, 0.3) is 0 Å². The van der Waals surface area contributed by atoms with E-state index in [0.29, 0.717) is 0 Å². The molecule has 0 radical (unpaired) electrons. The number of hydrogen-bond donors (Lipinski definition) is 0. The smallest absolute Gasteiger partial charge is 0.0948 e. The van der Waals surface area contributed by atoms with E-state index in [1.807, 2.05) is 66.4 Å². The van der Waals surface area contributed by atoms with E-state index in [-0.39, 0.29) is 0 Å². The van der Waals surface area contributed by atoms with Crippen molar-refractivity contribution in [3.8, 4) is 0 Å². The van der Waals surface area contributed by atoms with E-state index in [1.165, 1.54) is 5.69 Å². The summed E-state index contributed by atoms with van der Waals surface area (Å²) < 4.78 is 2.01. The molecule has 0 aliphatic carbocycles. The molecule has 0 saturated carbocycles. The zero-order valence-corrected chi connectivity index (χ0v) is 11.5. The maximum absolute atomic E-state index is 4.08. The number of hydrogen-bond acceptors (Lipinski definition) is 1. The second-order valence-electron chi connectivity index (χ2n) is 2.03. The Bertz CT molecular complexity index is 171.